The Balaban J connectivity index is 1.43. The molecule has 1 aliphatic rings. The zero-order valence-corrected chi connectivity index (χ0v) is 14.3. The molecule has 1 N–H and O–H groups in total. The van der Waals surface area contributed by atoms with Crippen LogP contribution in [0.25, 0.3) is 0 Å². The van der Waals surface area contributed by atoms with Gasteiger partial charge in [0.05, 0.1) is 0 Å². The summed E-state index contributed by atoms with van der Waals surface area (Å²) in [4.78, 5) is 15.4. The molecule has 1 aliphatic heterocycles. The summed E-state index contributed by atoms with van der Waals surface area (Å²) in [6.07, 6.45) is 11.0. The average molecular weight is 329 g/mol. The highest BCUT2D eigenvalue weighted by Gasteiger charge is 2.19. The molecule has 0 bridgehead atoms. The van der Waals surface area contributed by atoms with E-state index in [2.05, 4.69) is 31.2 Å². The van der Waals surface area contributed by atoms with Gasteiger partial charge in [-0.25, -0.2) is 9.97 Å². The number of rotatable bonds is 6. The average Bonchev–Trinajstić information content (AvgIpc) is 2.63. The predicted molar refractivity (Wildman–Crippen MR) is 95.0 cm³/mol. The minimum atomic E-state index is 0.602. The second-order valence-electron chi connectivity index (χ2n) is 5.73. The van der Waals surface area contributed by atoms with Gasteiger partial charge in [0.2, 0.25) is 0 Å². The Morgan fingerprint density at radius 1 is 1.26 bits per heavy atom. The summed E-state index contributed by atoms with van der Waals surface area (Å²) in [5.41, 5.74) is 1.29. The van der Waals surface area contributed by atoms with Crippen LogP contribution in [0, 0.1) is 0 Å². The first-order valence-corrected chi connectivity index (χ1v) is 9.32. The van der Waals surface area contributed by atoms with Crippen LogP contribution in [0.15, 0.2) is 41.9 Å². The second kappa shape index (κ2) is 8.26. The Morgan fingerprint density at radius 3 is 2.87 bits per heavy atom. The fourth-order valence-electron chi connectivity index (χ4n) is 2.89. The summed E-state index contributed by atoms with van der Waals surface area (Å²) in [7, 11) is 0. The Bertz CT molecular complexity index is 599. The summed E-state index contributed by atoms with van der Waals surface area (Å²) in [6, 6.07) is 6.74. The van der Waals surface area contributed by atoms with Gasteiger partial charge in [-0.05, 0) is 49.8 Å². The molecule has 23 heavy (non-hydrogen) atoms. The highest BCUT2D eigenvalue weighted by atomic mass is 32.2. The quantitative estimate of drug-likeness (QED) is 0.649. The van der Waals surface area contributed by atoms with Gasteiger partial charge >= 0.3 is 0 Å². The molecule has 0 radical (unpaired) electrons. The summed E-state index contributed by atoms with van der Waals surface area (Å²) in [6.45, 7) is 3.12. The molecule has 0 atom stereocenters. The van der Waals surface area contributed by atoms with E-state index in [9.17, 15) is 0 Å². The zero-order valence-electron chi connectivity index (χ0n) is 13.5. The molecular formula is C17H23N5S. The Labute approximate surface area is 141 Å². The standard InChI is InChI=1S/C17H23N5S/c1-23-17-20-10-5-16(21-17)22-11-6-15(7-12-22)19-9-4-14-3-2-8-18-13-14/h2-3,5,8,10,13,15,19H,4,6-7,9,11-12H2,1H3. The number of nitrogens with zero attached hydrogens (tertiary/aromatic N) is 4. The lowest BCUT2D eigenvalue weighted by Gasteiger charge is -2.33. The predicted octanol–water partition coefficient (Wildman–Crippen LogP) is 2.39. The summed E-state index contributed by atoms with van der Waals surface area (Å²) < 4.78 is 0. The van der Waals surface area contributed by atoms with E-state index in [1.165, 1.54) is 5.56 Å². The lowest BCUT2D eigenvalue weighted by Crippen LogP contribution is -2.43. The molecule has 6 heteroatoms. The summed E-state index contributed by atoms with van der Waals surface area (Å²) in [5.74, 6) is 1.05. The topological polar surface area (TPSA) is 53.9 Å². The van der Waals surface area contributed by atoms with Crippen molar-refractivity contribution in [3.05, 3.63) is 42.4 Å². The molecule has 3 heterocycles. The van der Waals surface area contributed by atoms with E-state index in [4.69, 9.17) is 0 Å². The minimum absolute atomic E-state index is 0.602. The van der Waals surface area contributed by atoms with Gasteiger partial charge in [-0.2, -0.15) is 0 Å². The number of hydrogen-bond donors (Lipinski definition) is 1. The van der Waals surface area contributed by atoms with Crippen LogP contribution in [0.3, 0.4) is 0 Å². The maximum atomic E-state index is 4.59. The van der Waals surface area contributed by atoms with Crippen molar-refractivity contribution in [2.75, 3.05) is 30.8 Å². The van der Waals surface area contributed by atoms with Gasteiger partial charge in [-0.1, -0.05) is 17.8 Å². The van der Waals surface area contributed by atoms with Crippen LogP contribution in [-0.2, 0) is 6.42 Å². The van der Waals surface area contributed by atoms with E-state index in [-0.39, 0.29) is 0 Å². The van der Waals surface area contributed by atoms with Crippen molar-refractivity contribution >= 4 is 17.6 Å². The van der Waals surface area contributed by atoms with Crippen LogP contribution in [0.2, 0.25) is 0 Å². The van der Waals surface area contributed by atoms with Crippen molar-refractivity contribution in [1.29, 1.82) is 0 Å². The highest BCUT2D eigenvalue weighted by molar-refractivity contribution is 7.98. The minimum Gasteiger partial charge on any atom is -0.356 e. The molecule has 0 saturated carbocycles. The van der Waals surface area contributed by atoms with Crippen molar-refractivity contribution in [3.63, 3.8) is 0 Å². The van der Waals surface area contributed by atoms with Gasteiger partial charge in [-0.3, -0.25) is 4.98 Å². The molecule has 0 unspecified atom stereocenters. The third-order valence-electron chi connectivity index (χ3n) is 4.19. The van der Waals surface area contributed by atoms with E-state index in [1.54, 1.807) is 11.8 Å². The van der Waals surface area contributed by atoms with Gasteiger partial charge in [0.15, 0.2) is 5.16 Å². The SMILES string of the molecule is CSc1nccc(N2CCC(NCCc3cccnc3)CC2)n1. The third kappa shape index (κ3) is 4.65. The lowest BCUT2D eigenvalue weighted by atomic mass is 10.0. The van der Waals surface area contributed by atoms with Crippen molar-refractivity contribution in [3.8, 4) is 0 Å². The Morgan fingerprint density at radius 2 is 2.13 bits per heavy atom. The van der Waals surface area contributed by atoms with Crippen molar-refractivity contribution in [2.45, 2.75) is 30.5 Å². The molecule has 5 nitrogen and oxygen atoms in total. The number of pyridine rings is 1. The largest absolute Gasteiger partial charge is 0.356 e. The third-order valence-corrected chi connectivity index (χ3v) is 4.75. The molecule has 1 fully saturated rings. The van der Waals surface area contributed by atoms with Crippen molar-refractivity contribution in [1.82, 2.24) is 20.3 Å². The molecule has 3 rings (SSSR count). The molecule has 0 aromatic carbocycles. The molecule has 2 aromatic rings. The maximum absolute atomic E-state index is 4.59. The number of aromatic nitrogens is 3. The summed E-state index contributed by atoms with van der Waals surface area (Å²) >= 11 is 1.59. The number of piperidine rings is 1. The normalized spacial score (nSPS) is 15.8. The number of anilines is 1. The van der Waals surface area contributed by atoms with Crippen LogP contribution in [0.1, 0.15) is 18.4 Å². The first kappa shape index (κ1) is 16.2. The smallest absolute Gasteiger partial charge is 0.189 e. The van der Waals surface area contributed by atoms with E-state index >= 15 is 0 Å². The van der Waals surface area contributed by atoms with Crippen LogP contribution < -0.4 is 10.2 Å². The number of thioether (sulfide) groups is 1. The molecule has 0 amide bonds. The number of hydrogen-bond acceptors (Lipinski definition) is 6. The molecule has 122 valence electrons. The number of nitrogens with one attached hydrogen (secondary N) is 1. The molecule has 0 aliphatic carbocycles. The first-order chi connectivity index (χ1) is 11.3. The maximum Gasteiger partial charge on any atom is 0.189 e. The fourth-order valence-corrected chi connectivity index (χ4v) is 3.24. The Kier molecular flexibility index (Phi) is 5.82. The van der Waals surface area contributed by atoms with Gasteiger partial charge in [0.25, 0.3) is 0 Å². The van der Waals surface area contributed by atoms with Crippen molar-refractivity contribution in [2.24, 2.45) is 0 Å². The van der Waals surface area contributed by atoms with E-state index in [0.717, 1.165) is 49.9 Å². The van der Waals surface area contributed by atoms with E-state index < -0.39 is 0 Å². The van der Waals surface area contributed by atoms with Crippen LogP contribution in [0.5, 0.6) is 0 Å². The Hall–Kier alpha value is -1.66. The van der Waals surface area contributed by atoms with Gasteiger partial charge < -0.3 is 10.2 Å². The van der Waals surface area contributed by atoms with Crippen LogP contribution in [-0.4, -0.2) is 46.9 Å². The first-order valence-electron chi connectivity index (χ1n) is 8.09. The highest BCUT2D eigenvalue weighted by Crippen LogP contribution is 2.19. The molecular weight excluding hydrogens is 306 g/mol. The summed E-state index contributed by atoms with van der Waals surface area (Å²) in [5, 5.41) is 4.52. The van der Waals surface area contributed by atoms with E-state index in [0.29, 0.717) is 6.04 Å². The molecule has 1 saturated heterocycles. The lowest BCUT2D eigenvalue weighted by molar-refractivity contribution is 0.416. The van der Waals surface area contributed by atoms with E-state index in [1.807, 2.05) is 37.0 Å². The monoisotopic (exact) mass is 329 g/mol. The second-order valence-corrected chi connectivity index (χ2v) is 6.50. The zero-order chi connectivity index (χ0) is 15.9. The fraction of sp³-hybridized carbons (Fsp3) is 0.471. The van der Waals surface area contributed by atoms with Crippen molar-refractivity contribution < 1.29 is 0 Å². The van der Waals surface area contributed by atoms with Gasteiger partial charge in [0, 0.05) is 37.7 Å². The molecule has 0 spiro atoms. The van der Waals surface area contributed by atoms with Gasteiger partial charge in [-0.15, -0.1) is 0 Å². The van der Waals surface area contributed by atoms with Gasteiger partial charge in [0.1, 0.15) is 5.82 Å². The van der Waals surface area contributed by atoms with Crippen LogP contribution >= 0.6 is 11.8 Å². The van der Waals surface area contributed by atoms with Crippen LogP contribution in [0.4, 0.5) is 5.82 Å². The molecule has 2 aromatic heterocycles.